The number of carbonyl (C=O) groups is 1. The number of hydrogen-bond donors (Lipinski definition) is 4. The number of nitrogens with one attached hydrogen (secondary N) is 4. The van der Waals surface area contributed by atoms with Crippen molar-refractivity contribution in [3.05, 3.63) is 44.6 Å². The molecule has 2 heterocycles. The Morgan fingerprint density at radius 2 is 2.17 bits per heavy atom. The summed E-state index contributed by atoms with van der Waals surface area (Å²) >= 11 is 0. The van der Waals surface area contributed by atoms with Crippen LogP contribution >= 0.6 is 0 Å². The van der Waals surface area contributed by atoms with Crippen molar-refractivity contribution in [2.75, 3.05) is 18.7 Å². The fraction of sp³-hybridized carbons (Fsp3) is 0.154. The van der Waals surface area contributed by atoms with Crippen LogP contribution in [0, 0.1) is 0 Å². The molecule has 0 saturated heterocycles. The van der Waals surface area contributed by atoms with Crippen molar-refractivity contribution in [2.45, 2.75) is 0 Å². The number of nitrogens with zero attached hydrogens (tertiary/aromatic N) is 2. The van der Waals surface area contributed by atoms with Gasteiger partial charge in [0.1, 0.15) is 0 Å². The van der Waals surface area contributed by atoms with Gasteiger partial charge < -0.3 is 14.8 Å². The first-order valence-electron chi connectivity index (χ1n) is 6.76. The smallest absolute Gasteiger partial charge is 0.342 e. The Morgan fingerprint density at radius 3 is 3.00 bits per heavy atom. The monoisotopic (exact) mass is 332 g/mol. The highest BCUT2D eigenvalue weighted by atomic mass is 16.7. The molecule has 1 aromatic carbocycles. The second kappa shape index (κ2) is 6.64. The van der Waals surface area contributed by atoms with E-state index in [-0.39, 0.29) is 19.2 Å². The van der Waals surface area contributed by atoms with Gasteiger partial charge in [-0.2, -0.15) is 5.10 Å². The van der Waals surface area contributed by atoms with Crippen molar-refractivity contribution in [1.29, 1.82) is 0 Å². The fourth-order valence-electron chi connectivity index (χ4n) is 1.84. The number of aromatic nitrogens is 3. The van der Waals surface area contributed by atoms with E-state index in [9.17, 15) is 14.4 Å². The maximum absolute atomic E-state index is 11.6. The molecular formula is C13H12N6O5. The van der Waals surface area contributed by atoms with Crippen molar-refractivity contribution in [3.63, 3.8) is 0 Å². The molecule has 0 bridgehead atoms. The molecule has 1 aliphatic rings. The zero-order valence-electron chi connectivity index (χ0n) is 12.2. The molecule has 24 heavy (non-hydrogen) atoms. The topological polar surface area (TPSA) is 151 Å². The van der Waals surface area contributed by atoms with Crippen molar-refractivity contribution in [3.8, 4) is 11.5 Å². The van der Waals surface area contributed by atoms with Crippen LogP contribution in [0.3, 0.4) is 0 Å². The minimum Gasteiger partial charge on any atom is -0.454 e. The second-order valence-corrected chi connectivity index (χ2v) is 4.61. The van der Waals surface area contributed by atoms with Crippen LogP contribution in [-0.4, -0.2) is 40.6 Å². The summed E-state index contributed by atoms with van der Waals surface area (Å²) in [5, 5.41) is 11.8. The summed E-state index contributed by atoms with van der Waals surface area (Å²) in [6.45, 7) is -0.0726. The van der Waals surface area contributed by atoms with E-state index in [1.165, 1.54) is 6.21 Å². The van der Waals surface area contributed by atoms with Crippen LogP contribution in [-0.2, 0) is 4.79 Å². The van der Waals surface area contributed by atoms with E-state index in [1.807, 2.05) is 10.1 Å². The first-order chi connectivity index (χ1) is 11.6. The lowest BCUT2D eigenvalue weighted by Gasteiger charge is -2.02. The van der Waals surface area contributed by atoms with Gasteiger partial charge in [-0.1, -0.05) is 0 Å². The quantitative estimate of drug-likeness (QED) is 0.394. The number of aromatic amines is 2. The summed E-state index contributed by atoms with van der Waals surface area (Å²) in [6.07, 6.45) is 1.44. The second-order valence-electron chi connectivity index (χ2n) is 4.61. The van der Waals surface area contributed by atoms with Crippen molar-refractivity contribution in [2.24, 2.45) is 5.10 Å². The fourth-order valence-corrected chi connectivity index (χ4v) is 1.84. The van der Waals surface area contributed by atoms with Crippen LogP contribution in [0.1, 0.15) is 5.56 Å². The van der Waals surface area contributed by atoms with E-state index in [0.29, 0.717) is 17.1 Å². The summed E-state index contributed by atoms with van der Waals surface area (Å²) in [5.41, 5.74) is 1.54. The number of hydrogen-bond acceptors (Lipinski definition) is 8. The van der Waals surface area contributed by atoms with Gasteiger partial charge in [-0.3, -0.25) is 14.6 Å². The van der Waals surface area contributed by atoms with Crippen LogP contribution in [0.25, 0.3) is 0 Å². The van der Waals surface area contributed by atoms with Gasteiger partial charge in [0.2, 0.25) is 12.6 Å². The number of rotatable bonds is 5. The van der Waals surface area contributed by atoms with Crippen molar-refractivity contribution >= 4 is 17.9 Å². The summed E-state index contributed by atoms with van der Waals surface area (Å²) in [4.78, 5) is 35.8. The number of ether oxygens (including phenoxy) is 2. The minimum absolute atomic E-state index is 0.176. The molecule has 0 spiro atoms. The highest BCUT2D eigenvalue weighted by molar-refractivity contribution is 5.84. The van der Waals surface area contributed by atoms with Crippen LogP contribution in [0.2, 0.25) is 0 Å². The van der Waals surface area contributed by atoms with Crippen LogP contribution in [0.4, 0.5) is 5.82 Å². The van der Waals surface area contributed by atoms with E-state index < -0.39 is 17.2 Å². The van der Waals surface area contributed by atoms with E-state index in [1.54, 1.807) is 18.2 Å². The Kier molecular flexibility index (Phi) is 4.23. The maximum atomic E-state index is 11.6. The molecule has 2 aromatic rings. The number of hydrazone groups is 1. The van der Waals surface area contributed by atoms with Crippen LogP contribution < -0.4 is 31.5 Å². The van der Waals surface area contributed by atoms with Gasteiger partial charge in [0.25, 0.3) is 11.5 Å². The summed E-state index contributed by atoms with van der Waals surface area (Å²) in [5.74, 6) is 0.582. The average Bonchev–Trinajstić information content (AvgIpc) is 3.02. The first-order valence-corrected chi connectivity index (χ1v) is 6.76. The molecule has 3 rings (SSSR count). The molecule has 0 aliphatic carbocycles. The molecule has 1 aromatic heterocycles. The van der Waals surface area contributed by atoms with Gasteiger partial charge >= 0.3 is 5.69 Å². The molecule has 11 nitrogen and oxygen atoms in total. The summed E-state index contributed by atoms with van der Waals surface area (Å²) < 4.78 is 10.4. The van der Waals surface area contributed by atoms with E-state index in [2.05, 4.69) is 20.9 Å². The Morgan fingerprint density at radius 1 is 1.33 bits per heavy atom. The number of carbonyl (C=O) groups excluding carboxylic acids is 1. The molecule has 4 N–H and O–H groups in total. The number of anilines is 1. The molecule has 0 saturated carbocycles. The molecule has 1 amide bonds. The molecule has 0 unspecified atom stereocenters. The van der Waals surface area contributed by atoms with Gasteiger partial charge in [0.15, 0.2) is 11.5 Å². The summed E-state index contributed by atoms with van der Waals surface area (Å²) in [6, 6.07) is 5.21. The predicted molar refractivity (Wildman–Crippen MR) is 82.3 cm³/mol. The highest BCUT2D eigenvalue weighted by Gasteiger charge is 2.12. The van der Waals surface area contributed by atoms with Crippen LogP contribution in [0.15, 0.2) is 32.9 Å². The first kappa shape index (κ1) is 15.3. The molecular weight excluding hydrogens is 320 g/mol. The third-order valence-corrected chi connectivity index (χ3v) is 2.93. The van der Waals surface area contributed by atoms with E-state index in [4.69, 9.17) is 9.47 Å². The lowest BCUT2D eigenvalue weighted by molar-refractivity contribution is -0.119. The Bertz CT molecular complexity index is 902. The zero-order chi connectivity index (χ0) is 16.9. The third-order valence-electron chi connectivity index (χ3n) is 2.93. The Labute approximate surface area is 133 Å². The number of fused-ring (bicyclic) bond motifs is 1. The number of H-pyrrole nitrogens is 2. The normalized spacial score (nSPS) is 12.3. The molecule has 0 radical (unpaired) electrons. The summed E-state index contributed by atoms with van der Waals surface area (Å²) in [7, 11) is 0. The molecule has 124 valence electrons. The predicted octanol–water partition coefficient (Wildman–Crippen LogP) is -1.25. The number of benzene rings is 1. The van der Waals surface area contributed by atoms with E-state index in [0.717, 1.165) is 0 Å². The molecule has 1 aliphatic heterocycles. The minimum atomic E-state index is -0.733. The molecule has 0 fully saturated rings. The largest absolute Gasteiger partial charge is 0.454 e. The highest BCUT2D eigenvalue weighted by Crippen LogP contribution is 2.31. The number of amides is 1. The Balaban J connectivity index is 1.52. The van der Waals surface area contributed by atoms with E-state index >= 15 is 0 Å². The lowest BCUT2D eigenvalue weighted by atomic mass is 10.2. The molecule has 11 heteroatoms. The maximum Gasteiger partial charge on any atom is 0.342 e. The van der Waals surface area contributed by atoms with Gasteiger partial charge in [0, 0.05) is 0 Å². The standard InChI is InChI=1S/C13H12N6O5/c20-10(5-14-11-12(21)16-13(22)19-18-11)17-15-4-7-1-2-8-9(3-7)24-6-23-8/h1-4H,5-6H2,(H,14,18)(H,17,20)(H2,16,19,21,22)/b15-4+. The van der Waals surface area contributed by atoms with Gasteiger partial charge in [0.05, 0.1) is 12.8 Å². The van der Waals surface area contributed by atoms with Gasteiger partial charge in [-0.05, 0) is 23.8 Å². The van der Waals surface area contributed by atoms with Gasteiger partial charge in [-0.15, -0.1) is 5.10 Å². The molecule has 0 atom stereocenters. The average molecular weight is 332 g/mol. The van der Waals surface area contributed by atoms with Crippen molar-refractivity contribution < 1.29 is 14.3 Å². The third kappa shape index (κ3) is 3.58. The van der Waals surface area contributed by atoms with Gasteiger partial charge in [-0.25, -0.2) is 15.3 Å². The zero-order valence-corrected chi connectivity index (χ0v) is 12.2. The van der Waals surface area contributed by atoms with Crippen molar-refractivity contribution in [1.82, 2.24) is 20.6 Å². The Hall–Kier alpha value is -3.63. The SMILES string of the molecule is O=C(CNc1n[nH]c(=O)[nH]c1=O)N/N=C/c1ccc2c(c1)OCO2. The van der Waals surface area contributed by atoms with Crippen LogP contribution in [0.5, 0.6) is 11.5 Å². The lowest BCUT2D eigenvalue weighted by Crippen LogP contribution is -2.31.